The van der Waals surface area contributed by atoms with Crippen LogP contribution >= 0.6 is 23.2 Å². The van der Waals surface area contributed by atoms with Gasteiger partial charge >= 0.3 is 0 Å². The van der Waals surface area contributed by atoms with E-state index in [1.165, 1.54) is 12.8 Å². The van der Waals surface area contributed by atoms with Crippen molar-refractivity contribution in [3.8, 4) is 0 Å². The number of fused-ring (bicyclic) bond motifs is 1. The summed E-state index contributed by atoms with van der Waals surface area (Å²) in [5, 5.41) is -1.01. The summed E-state index contributed by atoms with van der Waals surface area (Å²) < 4.78 is 5.34. The van der Waals surface area contributed by atoms with Gasteiger partial charge in [-0.05, 0) is 25.7 Å². The molecule has 2 fully saturated rings. The summed E-state index contributed by atoms with van der Waals surface area (Å²) >= 11 is 12.2. The average Bonchev–Trinajstić information content (AvgIpc) is 2.39. The largest absolute Gasteiger partial charge is 0.329 e. The molecule has 64 valence electrons. The molecule has 0 radical (unpaired) electrons. The van der Waals surface area contributed by atoms with Crippen LogP contribution in [0.5, 0.6) is 0 Å². The molecule has 1 aliphatic carbocycles. The van der Waals surface area contributed by atoms with E-state index in [0.717, 1.165) is 25.7 Å². The molecular weight excluding hydrogens is 183 g/mol. The SMILES string of the molecule is ClC12CCCCCCC1(Cl)O2. The summed E-state index contributed by atoms with van der Waals surface area (Å²) in [4.78, 5) is 0. The normalized spacial score (nSPS) is 50.7. The van der Waals surface area contributed by atoms with E-state index in [-0.39, 0.29) is 0 Å². The number of alkyl halides is 2. The number of hydrogen-bond acceptors (Lipinski definition) is 1. The van der Waals surface area contributed by atoms with Crippen LogP contribution in [-0.2, 0) is 4.74 Å². The lowest BCUT2D eigenvalue weighted by atomic mass is 10.0. The van der Waals surface area contributed by atoms with Crippen molar-refractivity contribution < 1.29 is 4.74 Å². The zero-order chi connectivity index (χ0) is 7.95. The van der Waals surface area contributed by atoms with Crippen molar-refractivity contribution in [2.45, 2.75) is 48.6 Å². The molecule has 0 spiro atoms. The Labute approximate surface area is 77.0 Å². The van der Waals surface area contributed by atoms with Crippen LogP contribution in [0.15, 0.2) is 0 Å². The maximum Gasteiger partial charge on any atom is 0.186 e. The van der Waals surface area contributed by atoms with E-state index < -0.39 is 10.1 Å². The third-order valence-electron chi connectivity index (χ3n) is 2.59. The number of rotatable bonds is 0. The molecule has 1 saturated heterocycles. The molecule has 3 heteroatoms. The van der Waals surface area contributed by atoms with Crippen molar-refractivity contribution in [2.75, 3.05) is 0 Å². The third-order valence-corrected chi connectivity index (χ3v) is 3.83. The molecule has 0 amide bonds. The van der Waals surface area contributed by atoms with Crippen molar-refractivity contribution in [1.29, 1.82) is 0 Å². The maximum atomic E-state index is 6.11. The van der Waals surface area contributed by atoms with Crippen molar-refractivity contribution in [2.24, 2.45) is 0 Å². The Balaban J connectivity index is 2.03. The molecular formula is C8H12Cl2O. The number of halogens is 2. The van der Waals surface area contributed by atoms with Crippen LogP contribution in [0, 0.1) is 0 Å². The van der Waals surface area contributed by atoms with Gasteiger partial charge in [-0.2, -0.15) is 0 Å². The van der Waals surface area contributed by atoms with E-state index in [4.69, 9.17) is 27.9 Å². The standard InChI is InChI=1S/C8H12Cl2O/c9-7-5-3-1-2-4-6-8(7,10)11-7/h1-6H2. The summed E-state index contributed by atoms with van der Waals surface area (Å²) in [5.74, 6) is 0. The van der Waals surface area contributed by atoms with E-state index >= 15 is 0 Å². The zero-order valence-corrected chi connectivity index (χ0v) is 7.92. The highest BCUT2D eigenvalue weighted by atomic mass is 35.5. The van der Waals surface area contributed by atoms with Gasteiger partial charge in [-0.25, -0.2) is 0 Å². The Morgan fingerprint density at radius 2 is 1.27 bits per heavy atom. The average molecular weight is 195 g/mol. The number of epoxide rings is 1. The Morgan fingerprint density at radius 1 is 0.818 bits per heavy atom. The fourth-order valence-corrected chi connectivity index (χ4v) is 2.52. The lowest BCUT2D eigenvalue weighted by molar-refractivity contribution is 0.322. The number of hydrogen-bond donors (Lipinski definition) is 0. The van der Waals surface area contributed by atoms with E-state index in [1.807, 2.05) is 0 Å². The van der Waals surface area contributed by atoms with Crippen molar-refractivity contribution in [3.05, 3.63) is 0 Å². The summed E-state index contributed by atoms with van der Waals surface area (Å²) in [6.07, 6.45) is 6.67. The van der Waals surface area contributed by atoms with Gasteiger partial charge in [0.05, 0.1) is 0 Å². The van der Waals surface area contributed by atoms with Crippen LogP contribution < -0.4 is 0 Å². The monoisotopic (exact) mass is 194 g/mol. The van der Waals surface area contributed by atoms with Crippen LogP contribution in [0.25, 0.3) is 0 Å². The quantitative estimate of drug-likeness (QED) is 0.427. The Morgan fingerprint density at radius 3 is 1.73 bits per heavy atom. The molecule has 2 atom stereocenters. The lowest BCUT2D eigenvalue weighted by Crippen LogP contribution is -2.16. The fraction of sp³-hybridized carbons (Fsp3) is 1.00. The highest BCUT2D eigenvalue weighted by Gasteiger charge is 2.67. The van der Waals surface area contributed by atoms with Crippen LogP contribution in [0.1, 0.15) is 38.5 Å². The molecule has 2 aliphatic rings. The second-order valence-corrected chi connectivity index (χ2v) is 4.69. The van der Waals surface area contributed by atoms with Gasteiger partial charge in [-0.15, -0.1) is 0 Å². The van der Waals surface area contributed by atoms with Gasteiger partial charge in [0, 0.05) is 0 Å². The predicted molar refractivity (Wildman–Crippen MR) is 46.0 cm³/mol. The zero-order valence-electron chi connectivity index (χ0n) is 6.41. The van der Waals surface area contributed by atoms with E-state index in [9.17, 15) is 0 Å². The van der Waals surface area contributed by atoms with Crippen molar-refractivity contribution >= 4 is 23.2 Å². The first kappa shape index (κ1) is 8.15. The van der Waals surface area contributed by atoms with Gasteiger partial charge in [0.15, 0.2) is 10.1 Å². The van der Waals surface area contributed by atoms with Crippen molar-refractivity contribution in [1.82, 2.24) is 0 Å². The third kappa shape index (κ3) is 1.28. The minimum absolute atomic E-state index is 0.505. The van der Waals surface area contributed by atoms with Gasteiger partial charge in [0.1, 0.15) is 0 Å². The minimum atomic E-state index is -0.505. The van der Waals surface area contributed by atoms with Gasteiger partial charge in [-0.3, -0.25) is 0 Å². The predicted octanol–water partition coefficient (Wildman–Crippen LogP) is 3.24. The summed E-state index contributed by atoms with van der Waals surface area (Å²) in [5.41, 5.74) is 0. The molecule has 2 unspecified atom stereocenters. The minimum Gasteiger partial charge on any atom is -0.329 e. The van der Waals surface area contributed by atoms with Gasteiger partial charge < -0.3 is 4.74 Å². The molecule has 11 heavy (non-hydrogen) atoms. The first-order valence-corrected chi connectivity index (χ1v) is 5.00. The molecule has 0 aromatic heterocycles. The van der Waals surface area contributed by atoms with Gasteiger partial charge in [0.2, 0.25) is 0 Å². The fourth-order valence-electron chi connectivity index (χ4n) is 1.76. The molecule has 2 rings (SSSR count). The molecule has 0 aromatic rings. The lowest BCUT2D eigenvalue weighted by Gasteiger charge is -2.12. The summed E-state index contributed by atoms with van der Waals surface area (Å²) in [7, 11) is 0. The van der Waals surface area contributed by atoms with Gasteiger partial charge in [0.25, 0.3) is 0 Å². The van der Waals surface area contributed by atoms with Gasteiger partial charge in [-0.1, -0.05) is 36.0 Å². The van der Waals surface area contributed by atoms with E-state index in [2.05, 4.69) is 0 Å². The van der Waals surface area contributed by atoms with Crippen LogP contribution in [0.4, 0.5) is 0 Å². The van der Waals surface area contributed by atoms with Crippen molar-refractivity contribution in [3.63, 3.8) is 0 Å². The molecule has 1 nitrogen and oxygen atoms in total. The van der Waals surface area contributed by atoms with Crippen LogP contribution in [0.2, 0.25) is 0 Å². The molecule has 1 saturated carbocycles. The molecule has 1 aliphatic heterocycles. The molecule has 0 N–H and O–H groups in total. The number of ether oxygens (including phenoxy) is 1. The molecule has 0 bridgehead atoms. The van der Waals surface area contributed by atoms with E-state index in [1.54, 1.807) is 0 Å². The maximum absolute atomic E-state index is 6.11. The Kier molecular flexibility index (Phi) is 1.86. The molecule has 0 aromatic carbocycles. The summed E-state index contributed by atoms with van der Waals surface area (Å²) in [6, 6.07) is 0. The first-order chi connectivity index (χ1) is 5.16. The van der Waals surface area contributed by atoms with E-state index in [0.29, 0.717) is 0 Å². The Hall–Kier alpha value is 0.540. The molecule has 1 heterocycles. The van der Waals surface area contributed by atoms with Crippen LogP contribution in [-0.4, -0.2) is 10.1 Å². The second-order valence-electron chi connectivity index (χ2n) is 3.47. The smallest absolute Gasteiger partial charge is 0.186 e. The first-order valence-electron chi connectivity index (χ1n) is 4.24. The second kappa shape index (κ2) is 2.51. The highest BCUT2D eigenvalue weighted by molar-refractivity contribution is 6.36. The summed E-state index contributed by atoms with van der Waals surface area (Å²) in [6.45, 7) is 0. The highest BCUT2D eigenvalue weighted by Crippen LogP contribution is 2.60. The Bertz CT molecular complexity index is 155. The topological polar surface area (TPSA) is 12.5 Å². The van der Waals surface area contributed by atoms with Crippen LogP contribution in [0.3, 0.4) is 0 Å².